The first-order chi connectivity index (χ1) is 13.2. The van der Waals surface area contributed by atoms with Crippen molar-refractivity contribution < 1.29 is 23.0 Å². The van der Waals surface area contributed by atoms with Gasteiger partial charge in [-0.05, 0) is 53.9 Å². The Morgan fingerprint density at radius 1 is 1.25 bits per heavy atom. The lowest BCUT2D eigenvalue weighted by molar-refractivity contribution is -0.138. The van der Waals surface area contributed by atoms with Gasteiger partial charge in [0.15, 0.2) is 5.96 Å². The van der Waals surface area contributed by atoms with E-state index < -0.39 is 17.3 Å². The fourth-order valence-electron chi connectivity index (χ4n) is 2.52. The van der Waals surface area contributed by atoms with Crippen LogP contribution in [0, 0.1) is 0 Å². The van der Waals surface area contributed by atoms with Gasteiger partial charge in [0.25, 0.3) is 0 Å². The molecule has 3 N–H and O–H groups in total. The summed E-state index contributed by atoms with van der Waals surface area (Å²) in [7, 11) is 1.32. The Bertz CT molecular complexity index is 790. The normalized spacial score (nSPS) is 14.5. The molecule has 0 aliphatic heterocycles. The number of nitrogens with one attached hydrogen (secondary N) is 2. The number of halogens is 3. The number of methoxy groups -OCH3 is 1. The van der Waals surface area contributed by atoms with Crippen molar-refractivity contribution in [3.8, 4) is 5.75 Å². The number of aliphatic imine (C=N–C) groups is 1. The minimum absolute atomic E-state index is 0.0371. The van der Waals surface area contributed by atoms with E-state index in [2.05, 4.69) is 15.6 Å². The maximum Gasteiger partial charge on any atom is 0.416 e. The van der Waals surface area contributed by atoms with E-state index in [0.29, 0.717) is 12.5 Å². The number of hydrogen-bond donors (Lipinski definition) is 3. The third kappa shape index (κ3) is 5.87. The number of rotatable bonds is 7. The Kier molecular flexibility index (Phi) is 7.31. The van der Waals surface area contributed by atoms with Crippen LogP contribution in [0.15, 0.2) is 40.0 Å². The molecule has 0 bridgehead atoms. The minimum atomic E-state index is -4.51. The van der Waals surface area contributed by atoms with Gasteiger partial charge in [0, 0.05) is 6.54 Å². The molecular formula is C19H24F3N3O2S. The van der Waals surface area contributed by atoms with Gasteiger partial charge in [0.05, 0.1) is 25.8 Å². The molecule has 1 aromatic heterocycles. The first-order valence-electron chi connectivity index (χ1n) is 8.68. The molecule has 5 nitrogen and oxygen atoms in total. The summed E-state index contributed by atoms with van der Waals surface area (Å²) in [6.45, 7) is 4.03. The summed E-state index contributed by atoms with van der Waals surface area (Å²) in [5.74, 6) is 0.457. The standard InChI is InChI=1S/C19H24F3N3O2S/c1-4-23-17(25-12-18(2,26)14-7-8-28-11-14)24-10-13-5-6-15(27-3)9-16(13)19(20,21)22/h5-9,11,26H,4,10,12H2,1-3H3,(H2,23,24,25). The highest BCUT2D eigenvalue weighted by atomic mass is 32.1. The maximum atomic E-state index is 13.3. The number of benzene rings is 1. The van der Waals surface area contributed by atoms with Crippen LogP contribution in [0.5, 0.6) is 5.75 Å². The third-order valence-electron chi connectivity index (χ3n) is 4.12. The van der Waals surface area contributed by atoms with Crippen molar-refractivity contribution in [1.29, 1.82) is 0 Å². The van der Waals surface area contributed by atoms with Crippen LogP contribution in [-0.2, 0) is 18.3 Å². The smallest absolute Gasteiger partial charge is 0.416 e. The minimum Gasteiger partial charge on any atom is -0.497 e. The number of guanidine groups is 1. The molecule has 1 atom stereocenters. The van der Waals surface area contributed by atoms with Gasteiger partial charge in [-0.15, -0.1) is 0 Å². The molecule has 0 saturated heterocycles. The highest BCUT2D eigenvalue weighted by Crippen LogP contribution is 2.34. The molecule has 2 aromatic rings. The first-order valence-corrected chi connectivity index (χ1v) is 9.63. The van der Waals surface area contributed by atoms with Crippen LogP contribution < -0.4 is 15.4 Å². The lowest BCUT2D eigenvalue weighted by Crippen LogP contribution is -2.44. The van der Waals surface area contributed by atoms with E-state index in [1.807, 2.05) is 23.8 Å². The molecule has 1 heterocycles. The second-order valence-corrected chi connectivity index (χ2v) is 7.14. The molecular weight excluding hydrogens is 391 g/mol. The number of nitrogens with zero attached hydrogens (tertiary/aromatic N) is 1. The molecule has 0 radical (unpaired) electrons. The second kappa shape index (κ2) is 9.29. The molecule has 0 aliphatic carbocycles. The van der Waals surface area contributed by atoms with E-state index >= 15 is 0 Å². The second-order valence-electron chi connectivity index (χ2n) is 6.36. The number of thiophene rings is 1. The Hall–Kier alpha value is -2.26. The van der Waals surface area contributed by atoms with Crippen molar-refractivity contribution in [3.05, 3.63) is 51.7 Å². The Morgan fingerprint density at radius 3 is 2.57 bits per heavy atom. The van der Waals surface area contributed by atoms with Crippen molar-refractivity contribution in [1.82, 2.24) is 10.6 Å². The summed E-state index contributed by atoms with van der Waals surface area (Å²) >= 11 is 1.47. The zero-order valence-corrected chi connectivity index (χ0v) is 16.7. The molecule has 154 valence electrons. The van der Waals surface area contributed by atoms with Crippen LogP contribution in [0.3, 0.4) is 0 Å². The van der Waals surface area contributed by atoms with Crippen LogP contribution in [0.25, 0.3) is 0 Å². The third-order valence-corrected chi connectivity index (χ3v) is 4.80. The molecule has 0 amide bonds. The molecule has 0 fully saturated rings. The van der Waals surface area contributed by atoms with E-state index in [0.717, 1.165) is 11.6 Å². The highest BCUT2D eigenvalue weighted by molar-refractivity contribution is 7.08. The monoisotopic (exact) mass is 415 g/mol. The van der Waals surface area contributed by atoms with E-state index in [9.17, 15) is 18.3 Å². The van der Waals surface area contributed by atoms with Gasteiger partial charge in [-0.2, -0.15) is 24.5 Å². The largest absolute Gasteiger partial charge is 0.497 e. The summed E-state index contributed by atoms with van der Waals surface area (Å²) in [6.07, 6.45) is -4.51. The van der Waals surface area contributed by atoms with Crippen LogP contribution in [0.2, 0.25) is 0 Å². The number of aliphatic hydroxyl groups is 1. The summed E-state index contributed by atoms with van der Waals surface area (Å²) in [5.41, 5.74) is -1.12. The van der Waals surface area contributed by atoms with Crippen molar-refractivity contribution in [2.45, 2.75) is 32.2 Å². The average molecular weight is 415 g/mol. The van der Waals surface area contributed by atoms with Crippen LogP contribution in [0.1, 0.15) is 30.5 Å². The van der Waals surface area contributed by atoms with Gasteiger partial charge in [0.1, 0.15) is 11.4 Å². The lowest BCUT2D eigenvalue weighted by atomic mass is 9.99. The van der Waals surface area contributed by atoms with Gasteiger partial charge >= 0.3 is 6.18 Å². The van der Waals surface area contributed by atoms with Crippen molar-refractivity contribution >= 4 is 17.3 Å². The number of alkyl halides is 3. The van der Waals surface area contributed by atoms with Crippen LogP contribution >= 0.6 is 11.3 Å². The van der Waals surface area contributed by atoms with E-state index in [1.165, 1.54) is 30.6 Å². The van der Waals surface area contributed by atoms with Crippen molar-refractivity contribution in [2.24, 2.45) is 4.99 Å². The van der Waals surface area contributed by atoms with Crippen molar-refractivity contribution in [2.75, 3.05) is 20.2 Å². The topological polar surface area (TPSA) is 65.9 Å². The van der Waals surface area contributed by atoms with Gasteiger partial charge in [-0.25, -0.2) is 4.99 Å². The first kappa shape index (κ1) is 22.0. The number of hydrogen-bond acceptors (Lipinski definition) is 4. The van der Waals surface area contributed by atoms with Gasteiger partial charge in [-0.3, -0.25) is 0 Å². The summed E-state index contributed by atoms with van der Waals surface area (Å²) in [6, 6.07) is 5.62. The van der Waals surface area contributed by atoms with Crippen molar-refractivity contribution in [3.63, 3.8) is 0 Å². The molecule has 0 saturated carbocycles. The van der Waals surface area contributed by atoms with Crippen LogP contribution in [0.4, 0.5) is 13.2 Å². The molecule has 2 rings (SSSR count). The Labute approximate surface area is 166 Å². The molecule has 9 heteroatoms. The SMILES string of the molecule is CCNC(=NCc1ccc(OC)cc1C(F)(F)F)NCC(C)(O)c1ccsc1. The summed E-state index contributed by atoms with van der Waals surface area (Å²) in [4.78, 5) is 4.24. The van der Waals surface area contributed by atoms with Gasteiger partial charge < -0.3 is 20.5 Å². The predicted octanol–water partition coefficient (Wildman–Crippen LogP) is 3.74. The number of ether oxygens (including phenoxy) is 1. The van der Waals surface area contributed by atoms with Gasteiger partial charge in [0.2, 0.25) is 0 Å². The lowest BCUT2D eigenvalue weighted by Gasteiger charge is -2.24. The zero-order chi connectivity index (χ0) is 20.8. The summed E-state index contributed by atoms with van der Waals surface area (Å²) < 4.78 is 44.9. The fraction of sp³-hybridized carbons (Fsp3) is 0.421. The Morgan fingerprint density at radius 2 is 2.00 bits per heavy atom. The van der Waals surface area contributed by atoms with Crippen LogP contribution in [-0.4, -0.2) is 31.3 Å². The predicted molar refractivity (Wildman–Crippen MR) is 105 cm³/mol. The Balaban J connectivity index is 2.16. The van der Waals surface area contributed by atoms with Gasteiger partial charge in [-0.1, -0.05) is 6.07 Å². The van der Waals surface area contributed by atoms with E-state index in [1.54, 1.807) is 6.92 Å². The molecule has 0 aliphatic rings. The molecule has 0 spiro atoms. The summed E-state index contributed by atoms with van der Waals surface area (Å²) in [5, 5.41) is 20.3. The van der Waals surface area contributed by atoms with E-state index in [-0.39, 0.29) is 24.4 Å². The zero-order valence-electron chi connectivity index (χ0n) is 15.9. The molecule has 1 unspecified atom stereocenters. The maximum absolute atomic E-state index is 13.3. The molecule has 1 aromatic carbocycles. The fourth-order valence-corrected chi connectivity index (χ4v) is 3.30. The highest BCUT2D eigenvalue weighted by Gasteiger charge is 2.33. The molecule has 28 heavy (non-hydrogen) atoms. The average Bonchev–Trinajstić information content (AvgIpc) is 3.19. The quantitative estimate of drug-likeness (QED) is 0.476. The van der Waals surface area contributed by atoms with E-state index in [4.69, 9.17) is 4.74 Å².